The van der Waals surface area contributed by atoms with Gasteiger partial charge in [-0.05, 0) is 50.4 Å². The Morgan fingerprint density at radius 1 is 0.131 bits per heavy atom. The van der Waals surface area contributed by atoms with Crippen LogP contribution in [0.2, 0.25) is 50.4 Å². The Balaban J connectivity index is 2.90. The van der Waals surface area contributed by atoms with Crippen LogP contribution in [0.5, 0.6) is 0 Å². The highest BCUT2D eigenvalue weighted by Gasteiger charge is 2.56. The Labute approximate surface area is 536 Å². The molecule has 4 nitrogen and oxygen atoms in total. The van der Waals surface area contributed by atoms with Crippen molar-refractivity contribution in [3.05, 3.63) is 0 Å². The normalized spacial score (nSPS) is 20.3. The van der Waals surface area contributed by atoms with Crippen LogP contribution in [-0.4, -0.2) is 34.2 Å². The van der Waals surface area contributed by atoms with Crippen LogP contribution in [0.3, 0.4) is 0 Å². The van der Waals surface area contributed by atoms with Crippen molar-refractivity contribution in [1.82, 2.24) is 0 Å². The van der Waals surface area contributed by atoms with Gasteiger partial charge in [0, 0.05) is 0 Å². The average molecular weight is 1250 g/mol. The first-order chi connectivity index (χ1) is 41.1. The second-order valence-corrected chi connectivity index (χ2v) is 43.5. The Hall–Kier alpha value is 0.708. The third kappa shape index (κ3) is 54.4. The van der Waals surface area contributed by atoms with Crippen molar-refractivity contribution >= 4 is 34.2 Å². The van der Waals surface area contributed by atoms with Gasteiger partial charge in [0.15, 0.2) is 0 Å². The van der Waals surface area contributed by atoms with Gasteiger partial charge in [-0.2, -0.15) is 0 Å². The van der Waals surface area contributed by atoms with E-state index in [-0.39, 0.29) is 0 Å². The molecule has 0 aromatic rings. The summed E-state index contributed by atoms with van der Waals surface area (Å²) in [6.07, 6.45) is 90.2. The minimum Gasteiger partial charge on any atom is -0.416 e. The highest BCUT2D eigenvalue weighted by atomic mass is 28.5. The highest BCUT2D eigenvalue weighted by Crippen LogP contribution is 2.40. The molecule has 1 fully saturated rings. The van der Waals surface area contributed by atoms with Gasteiger partial charge in [-0.1, -0.05) is 439 Å². The molecule has 0 saturated carbocycles. The molecule has 0 aromatic heterocycles. The summed E-state index contributed by atoms with van der Waals surface area (Å²) in [6, 6.07) is 4.44. The van der Waals surface area contributed by atoms with E-state index in [1.165, 1.54) is 411 Å². The second-order valence-electron chi connectivity index (χ2n) is 29.2. The van der Waals surface area contributed by atoms with Gasteiger partial charge < -0.3 is 16.5 Å². The first kappa shape index (κ1) is 82.7. The topological polar surface area (TPSA) is 36.9 Å². The molecule has 0 aliphatic carbocycles. The molecule has 0 bridgehead atoms. The first-order valence-electron chi connectivity index (χ1n) is 39.9. The predicted octanol–water partition coefficient (Wildman–Crippen LogP) is 29.4. The van der Waals surface area contributed by atoms with E-state index in [9.17, 15) is 0 Å². The fourth-order valence-electron chi connectivity index (χ4n) is 14.3. The Bertz CT molecular complexity index is 1100. The van der Waals surface area contributed by atoms with E-state index in [2.05, 4.69) is 53.9 Å². The molecular weight excluding hydrogens is 1090 g/mol. The molecule has 0 N–H and O–H groups in total. The van der Waals surface area contributed by atoms with Gasteiger partial charge in [0.1, 0.15) is 0 Å². The van der Waals surface area contributed by atoms with Gasteiger partial charge >= 0.3 is 34.2 Å². The third-order valence-electron chi connectivity index (χ3n) is 19.7. The summed E-state index contributed by atoms with van der Waals surface area (Å²) in [6.45, 7) is 19.2. The quantitative estimate of drug-likeness (QED) is 0.0449. The van der Waals surface area contributed by atoms with Crippen molar-refractivity contribution < 1.29 is 16.5 Å². The van der Waals surface area contributed by atoms with Crippen LogP contribution in [0, 0.1) is 0 Å². The van der Waals surface area contributed by atoms with Crippen LogP contribution in [-0.2, 0) is 16.5 Å². The zero-order chi connectivity index (χ0) is 60.9. The lowest BCUT2D eigenvalue weighted by Crippen LogP contribution is -2.67. The SMILES string of the molecule is CCCCCCCCCCCCCCCCCC[Si]1(C)O[Si](C)(CCCCCCCCCCCCCCCCCC)O[Si](C)(CCCCCCCCCCCCCCCCCC)O[Si](C)(CCCCCCCCCCCCCCCCCC)O1. The van der Waals surface area contributed by atoms with E-state index in [1.807, 2.05) is 0 Å². The van der Waals surface area contributed by atoms with Crippen LogP contribution in [0.15, 0.2) is 0 Å². The molecule has 0 amide bonds. The molecule has 1 heterocycles. The summed E-state index contributed by atoms with van der Waals surface area (Å²) in [7, 11) is -10.2. The molecule has 1 aliphatic rings. The van der Waals surface area contributed by atoms with Crippen LogP contribution in [0.1, 0.15) is 439 Å². The molecule has 84 heavy (non-hydrogen) atoms. The summed E-state index contributed by atoms with van der Waals surface area (Å²) in [5, 5.41) is 0. The van der Waals surface area contributed by atoms with Crippen molar-refractivity contribution in [2.45, 2.75) is 489 Å². The number of hydrogen-bond donors (Lipinski definition) is 0. The molecule has 0 radical (unpaired) electrons. The largest absolute Gasteiger partial charge is 0.416 e. The first-order valence-corrected chi connectivity index (χ1v) is 50.0. The molecule has 8 heteroatoms. The van der Waals surface area contributed by atoms with Crippen molar-refractivity contribution in [2.75, 3.05) is 0 Å². The molecule has 1 aliphatic heterocycles. The van der Waals surface area contributed by atoms with Gasteiger partial charge in [0.25, 0.3) is 0 Å². The summed E-state index contributed by atoms with van der Waals surface area (Å²) >= 11 is 0. The lowest BCUT2D eigenvalue weighted by atomic mass is 10.0. The van der Waals surface area contributed by atoms with Crippen molar-refractivity contribution in [1.29, 1.82) is 0 Å². The number of hydrogen-bond acceptors (Lipinski definition) is 4. The Morgan fingerprint density at radius 2 is 0.214 bits per heavy atom. The van der Waals surface area contributed by atoms with Gasteiger partial charge in [0.05, 0.1) is 0 Å². The average Bonchev–Trinajstić information content (AvgIpc) is 2.75. The summed E-state index contributed by atoms with van der Waals surface area (Å²) in [4.78, 5) is 0. The number of rotatable bonds is 68. The van der Waals surface area contributed by atoms with E-state index in [0.717, 1.165) is 24.2 Å². The maximum atomic E-state index is 7.79. The van der Waals surface area contributed by atoms with Gasteiger partial charge in [-0.15, -0.1) is 0 Å². The van der Waals surface area contributed by atoms with E-state index < -0.39 is 34.2 Å². The van der Waals surface area contributed by atoms with Crippen LogP contribution >= 0.6 is 0 Å². The van der Waals surface area contributed by atoms with Crippen LogP contribution in [0.25, 0.3) is 0 Å². The fourth-order valence-corrected chi connectivity index (χ4v) is 37.9. The minimum atomic E-state index is -2.56. The van der Waals surface area contributed by atoms with E-state index in [1.54, 1.807) is 0 Å². The van der Waals surface area contributed by atoms with Gasteiger partial charge in [-0.3, -0.25) is 0 Å². The maximum Gasteiger partial charge on any atom is 0.317 e. The predicted molar refractivity (Wildman–Crippen MR) is 388 cm³/mol. The van der Waals surface area contributed by atoms with Gasteiger partial charge in [0.2, 0.25) is 0 Å². The van der Waals surface area contributed by atoms with Crippen molar-refractivity contribution in [2.24, 2.45) is 0 Å². The second kappa shape index (κ2) is 61.2. The van der Waals surface area contributed by atoms with Crippen molar-refractivity contribution in [3.63, 3.8) is 0 Å². The lowest BCUT2D eigenvalue weighted by Gasteiger charge is -2.50. The maximum absolute atomic E-state index is 7.79. The molecule has 1 rings (SSSR count). The molecule has 0 atom stereocenters. The van der Waals surface area contributed by atoms with E-state index in [0.29, 0.717) is 0 Å². The molecule has 0 unspecified atom stereocenters. The summed E-state index contributed by atoms with van der Waals surface area (Å²) in [5.41, 5.74) is 0. The van der Waals surface area contributed by atoms with Crippen molar-refractivity contribution in [3.8, 4) is 0 Å². The zero-order valence-electron chi connectivity index (χ0n) is 59.7. The summed E-state index contributed by atoms with van der Waals surface area (Å²) < 4.78 is 31.2. The summed E-state index contributed by atoms with van der Waals surface area (Å²) in [5.74, 6) is 0. The monoisotopic (exact) mass is 1250 g/mol. The zero-order valence-corrected chi connectivity index (χ0v) is 63.7. The fraction of sp³-hybridized carbons (Fsp3) is 1.00. The molecular formula is C76H160O4Si4. The van der Waals surface area contributed by atoms with E-state index >= 15 is 0 Å². The Morgan fingerprint density at radius 3 is 0.310 bits per heavy atom. The van der Waals surface area contributed by atoms with Crippen LogP contribution < -0.4 is 0 Å². The molecule has 0 spiro atoms. The third-order valence-corrected chi connectivity index (χ3v) is 38.5. The lowest BCUT2D eigenvalue weighted by molar-refractivity contribution is 0.219. The number of unbranched alkanes of at least 4 members (excludes halogenated alkanes) is 60. The molecule has 0 aromatic carbocycles. The van der Waals surface area contributed by atoms with Gasteiger partial charge in [-0.25, -0.2) is 0 Å². The molecule has 504 valence electrons. The standard InChI is InChI=1S/C76H160O4Si4/c1-9-13-17-21-25-29-33-37-41-45-49-53-57-61-65-69-73-81(5)77-82(6,74-70-66-62-58-54-50-46-42-38-34-30-26-22-18-14-10-2)79-84(8,76-72-68-64-60-56-52-48-44-40-36-32-28-24-20-16-12-4)80-83(7,78-81)75-71-67-63-59-55-51-47-43-39-35-31-27-23-19-15-11-3/h9-76H2,1-8H3. The molecule has 1 saturated heterocycles. The smallest absolute Gasteiger partial charge is 0.317 e. The Kier molecular flexibility index (Phi) is 60.3. The minimum absolute atomic E-state index is 1.11. The highest BCUT2D eigenvalue weighted by molar-refractivity contribution is 6.93. The van der Waals surface area contributed by atoms with Crippen LogP contribution in [0.4, 0.5) is 0 Å². The van der Waals surface area contributed by atoms with E-state index in [4.69, 9.17) is 16.5 Å².